The minimum absolute atomic E-state index is 0.136. The molecule has 2 rings (SSSR count). The van der Waals surface area contributed by atoms with Crippen LogP contribution in [-0.2, 0) is 6.18 Å². The maximum Gasteiger partial charge on any atom is 0.433 e. The van der Waals surface area contributed by atoms with Crippen molar-refractivity contribution in [2.45, 2.75) is 18.7 Å². The van der Waals surface area contributed by atoms with Gasteiger partial charge in [0.2, 0.25) is 11.2 Å². The van der Waals surface area contributed by atoms with Gasteiger partial charge in [-0.3, -0.25) is 0 Å². The lowest BCUT2D eigenvalue weighted by Crippen LogP contribution is -2.22. The smallest absolute Gasteiger partial charge is 0.433 e. The van der Waals surface area contributed by atoms with E-state index in [1.54, 1.807) is 0 Å². The van der Waals surface area contributed by atoms with Gasteiger partial charge in [0.15, 0.2) is 5.69 Å². The summed E-state index contributed by atoms with van der Waals surface area (Å²) in [4.78, 5) is 8.81. The number of hydrogen-bond acceptors (Lipinski definition) is 4. The SMILES string of the molecule is CN1CCC(Oc2cc(C(F)(F)F)nc(Cl)n2)C1. The molecule has 0 N–H and O–H groups in total. The van der Waals surface area contributed by atoms with Crippen molar-refractivity contribution < 1.29 is 17.9 Å². The van der Waals surface area contributed by atoms with Crippen LogP contribution in [0, 0.1) is 0 Å². The Labute approximate surface area is 107 Å². The van der Waals surface area contributed by atoms with Gasteiger partial charge in [0, 0.05) is 19.2 Å². The first kappa shape index (κ1) is 13.4. The summed E-state index contributed by atoms with van der Waals surface area (Å²) < 4.78 is 42.9. The Kier molecular flexibility index (Phi) is 3.63. The molecule has 1 fully saturated rings. The minimum Gasteiger partial charge on any atom is -0.473 e. The van der Waals surface area contributed by atoms with Gasteiger partial charge in [0.1, 0.15) is 6.10 Å². The zero-order chi connectivity index (χ0) is 13.3. The molecule has 0 spiro atoms. The van der Waals surface area contributed by atoms with E-state index in [0.717, 1.165) is 19.0 Å². The highest BCUT2D eigenvalue weighted by atomic mass is 35.5. The van der Waals surface area contributed by atoms with Crippen molar-refractivity contribution in [1.29, 1.82) is 0 Å². The lowest BCUT2D eigenvalue weighted by molar-refractivity contribution is -0.141. The molecule has 0 bridgehead atoms. The second kappa shape index (κ2) is 4.89. The second-order valence-electron chi connectivity index (χ2n) is 4.15. The molecular formula is C10H11ClF3N3O. The van der Waals surface area contributed by atoms with Crippen molar-refractivity contribution >= 4 is 11.6 Å². The van der Waals surface area contributed by atoms with E-state index in [1.165, 1.54) is 0 Å². The van der Waals surface area contributed by atoms with Crippen LogP contribution in [-0.4, -0.2) is 41.1 Å². The third kappa shape index (κ3) is 3.23. The molecule has 0 saturated carbocycles. The molecule has 1 aromatic heterocycles. The Hall–Kier alpha value is -1.08. The van der Waals surface area contributed by atoms with Crippen LogP contribution < -0.4 is 4.74 Å². The molecule has 100 valence electrons. The van der Waals surface area contributed by atoms with Gasteiger partial charge in [0.25, 0.3) is 0 Å². The van der Waals surface area contributed by atoms with E-state index in [1.807, 2.05) is 11.9 Å². The van der Waals surface area contributed by atoms with Crippen molar-refractivity contribution in [1.82, 2.24) is 14.9 Å². The molecule has 0 amide bonds. The van der Waals surface area contributed by atoms with Crippen LogP contribution in [0.25, 0.3) is 0 Å². The van der Waals surface area contributed by atoms with Gasteiger partial charge in [-0.1, -0.05) is 0 Å². The number of halogens is 4. The van der Waals surface area contributed by atoms with Gasteiger partial charge in [-0.25, -0.2) is 4.98 Å². The van der Waals surface area contributed by atoms with Crippen LogP contribution in [0.15, 0.2) is 6.07 Å². The van der Waals surface area contributed by atoms with E-state index in [-0.39, 0.29) is 12.0 Å². The van der Waals surface area contributed by atoms with E-state index in [0.29, 0.717) is 6.54 Å². The number of alkyl halides is 3. The molecule has 18 heavy (non-hydrogen) atoms. The van der Waals surface area contributed by atoms with Crippen molar-refractivity contribution in [3.8, 4) is 5.88 Å². The number of rotatable bonds is 2. The number of ether oxygens (including phenoxy) is 1. The first-order valence-electron chi connectivity index (χ1n) is 5.31. The standard InChI is InChI=1S/C10H11ClF3N3O/c1-17-3-2-6(5-17)18-8-4-7(10(12,13)14)15-9(11)16-8/h4,6H,2-3,5H2,1H3. The molecule has 1 aliphatic rings. The summed E-state index contributed by atoms with van der Waals surface area (Å²) in [5.74, 6) is -0.136. The molecule has 1 aliphatic heterocycles. The Bertz CT molecular complexity index is 441. The summed E-state index contributed by atoms with van der Waals surface area (Å²) in [5.41, 5.74) is -1.09. The van der Waals surface area contributed by atoms with Crippen LogP contribution in [0.5, 0.6) is 5.88 Å². The molecule has 1 unspecified atom stereocenters. The Morgan fingerprint density at radius 2 is 2.17 bits per heavy atom. The van der Waals surface area contributed by atoms with Crippen LogP contribution >= 0.6 is 11.6 Å². The molecule has 2 heterocycles. The van der Waals surface area contributed by atoms with E-state index >= 15 is 0 Å². The zero-order valence-corrected chi connectivity index (χ0v) is 10.3. The molecule has 1 atom stereocenters. The number of nitrogens with zero attached hydrogens (tertiary/aromatic N) is 3. The highest BCUT2D eigenvalue weighted by Gasteiger charge is 2.34. The first-order valence-corrected chi connectivity index (χ1v) is 5.69. The quantitative estimate of drug-likeness (QED) is 0.779. The molecule has 8 heteroatoms. The number of likely N-dealkylation sites (tertiary alicyclic amines) is 1. The number of likely N-dealkylation sites (N-methyl/N-ethyl adjacent to an activating group) is 1. The average Bonchev–Trinajstić information content (AvgIpc) is 2.61. The Morgan fingerprint density at radius 3 is 2.72 bits per heavy atom. The van der Waals surface area contributed by atoms with E-state index < -0.39 is 17.2 Å². The minimum atomic E-state index is -4.56. The third-order valence-electron chi connectivity index (χ3n) is 2.60. The summed E-state index contributed by atoms with van der Waals surface area (Å²) in [5, 5.41) is -0.467. The van der Waals surface area contributed by atoms with Crippen molar-refractivity contribution in [3.63, 3.8) is 0 Å². The lowest BCUT2D eigenvalue weighted by Gasteiger charge is -2.14. The predicted octanol–water partition coefficient (Wildman–Crippen LogP) is 2.23. The number of aromatic nitrogens is 2. The second-order valence-corrected chi connectivity index (χ2v) is 4.49. The average molecular weight is 282 g/mol. The molecule has 0 radical (unpaired) electrons. The van der Waals surface area contributed by atoms with Gasteiger partial charge < -0.3 is 9.64 Å². The van der Waals surface area contributed by atoms with E-state index in [4.69, 9.17) is 16.3 Å². The van der Waals surface area contributed by atoms with E-state index in [9.17, 15) is 13.2 Å². The predicted molar refractivity (Wildman–Crippen MR) is 58.6 cm³/mol. The fourth-order valence-corrected chi connectivity index (χ4v) is 1.94. The Balaban J connectivity index is 2.15. The van der Waals surface area contributed by atoms with Crippen LogP contribution in [0.1, 0.15) is 12.1 Å². The molecule has 1 aromatic rings. The van der Waals surface area contributed by atoms with Crippen LogP contribution in [0.4, 0.5) is 13.2 Å². The summed E-state index contributed by atoms with van der Waals surface area (Å²) >= 11 is 5.46. The largest absolute Gasteiger partial charge is 0.473 e. The number of hydrogen-bond donors (Lipinski definition) is 0. The lowest BCUT2D eigenvalue weighted by atomic mass is 10.3. The fourth-order valence-electron chi connectivity index (χ4n) is 1.76. The molecule has 0 aromatic carbocycles. The topological polar surface area (TPSA) is 38.2 Å². The molecular weight excluding hydrogens is 271 g/mol. The monoisotopic (exact) mass is 281 g/mol. The maximum atomic E-state index is 12.5. The van der Waals surface area contributed by atoms with Crippen LogP contribution in [0.2, 0.25) is 5.28 Å². The fraction of sp³-hybridized carbons (Fsp3) is 0.600. The third-order valence-corrected chi connectivity index (χ3v) is 2.77. The van der Waals surface area contributed by atoms with Gasteiger partial charge in [-0.05, 0) is 25.1 Å². The van der Waals surface area contributed by atoms with Crippen molar-refractivity contribution in [2.75, 3.05) is 20.1 Å². The van der Waals surface area contributed by atoms with Gasteiger partial charge >= 0.3 is 6.18 Å². The van der Waals surface area contributed by atoms with Crippen molar-refractivity contribution in [2.24, 2.45) is 0 Å². The summed E-state index contributed by atoms with van der Waals surface area (Å²) in [6.45, 7) is 1.50. The summed E-state index contributed by atoms with van der Waals surface area (Å²) in [6.07, 6.45) is -3.97. The van der Waals surface area contributed by atoms with E-state index in [2.05, 4.69) is 9.97 Å². The molecule has 1 saturated heterocycles. The zero-order valence-electron chi connectivity index (χ0n) is 9.54. The highest BCUT2D eigenvalue weighted by Crippen LogP contribution is 2.30. The highest BCUT2D eigenvalue weighted by molar-refractivity contribution is 6.28. The van der Waals surface area contributed by atoms with Crippen molar-refractivity contribution in [3.05, 3.63) is 17.0 Å². The van der Waals surface area contributed by atoms with Gasteiger partial charge in [-0.15, -0.1) is 0 Å². The van der Waals surface area contributed by atoms with Gasteiger partial charge in [-0.2, -0.15) is 18.2 Å². The normalized spacial score (nSPS) is 21.3. The van der Waals surface area contributed by atoms with Crippen LogP contribution in [0.3, 0.4) is 0 Å². The maximum absolute atomic E-state index is 12.5. The summed E-state index contributed by atoms with van der Waals surface area (Å²) in [6, 6.07) is 0.768. The molecule has 0 aliphatic carbocycles. The Morgan fingerprint density at radius 1 is 1.44 bits per heavy atom. The molecule has 4 nitrogen and oxygen atoms in total. The summed E-state index contributed by atoms with van der Waals surface area (Å²) in [7, 11) is 1.91. The van der Waals surface area contributed by atoms with Gasteiger partial charge in [0.05, 0.1) is 0 Å². The first-order chi connectivity index (χ1) is 8.34.